The topological polar surface area (TPSA) is 101 Å². The fourth-order valence-corrected chi connectivity index (χ4v) is 2.65. The number of hydrogen-bond acceptors (Lipinski definition) is 6. The van der Waals surface area contributed by atoms with Gasteiger partial charge >= 0.3 is 0 Å². The molecule has 9 heteroatoms. The number of carbonyl (C=O) groups excluding carboxylic acids is 2. The molecule has 8 nitrogen and oxygen atoms in total. The van der Waals surface area contributed by atoms with Crippen molar-refractivity contribution < 1.29 is 14.0 Å². The van der Waals surface area contributed by atoms with Gasteiger partial charge in [-0.3, -0.25) is 14.9 Å². The molecule has 0 aliphatic carbocycles. The average Bonchev–Trinajstić information content (AvgIpc) is 3.01. The van der Waals surface area contributed by atoms with Crippen molar-refractivity contribution in [2.45, 2.75) is 18.9 Å². The minimum atomic E-state index is -0.534. The molecule has 25 heavy (non-hydrogen) atoms. The van der Waals surface area contributed by atoms with Crippen LogP contribution in [0.15, 0.2) is 36.4 Å². The summed E-state index contributed by atoms with van der Waals surface area (Å²) >= 11 is 0. The van der Waals surface area contributed by atoms with E-state index in [1.807, 2.05) is 0 Å². The van der Waals surface area contributed by atoms with Gasteiger partial charge < -0.3 is 5.32 Å². The van der Waals surface area contributed by atoms with Crippen LogP contribution in [0.2, 0.25) is 0 Å². The van der Waals surface area contributed by atoms with E-state index in [1.165, 1.54) is 16.6 Å². The van der Waals surface area contributed by atoms with E-state index in [2.05, 4.69) is 25.9 Å². The van der Waals surface area contributed by atoms with E-state index in [1.54, 1.807) is 24.3 Å². The average molecular weight is 340 g/mol. The Hall–Kier alpha value is -3.36. The Kier molecular flexibility index (Phi) is 3.60. The quantitative estimate of drug-likeness (QED) is 0.694. The van der Waals surface area contributed by atoms with Crippen LogP contribution < -0.4 is 10.6 Å². The molecule has 3 aromatic rings. The summed E-state index contributed by atoms with van der Waals surface area (Å²) in [5.41, 5.74) is 1.19. The number of benzene rings is 1. The third-order valence-electron chi connectivity index (χ3n) is 3.93. The van der Waals surface area contributed by atoms with Crippen molar-refractivity contribution in [2.75, 3.05) is 5.32 Å². The molecule has 0 bridgehead atoms. The summed E-state index contributed by atoms with van der Waals surface area (Å²) in [7, 11) is 0. The highest BCUT2D eigenvalue weighted by Gasteiger charge is 2.26. The maximum Gasteiger partial charge on any atom is 0.249 e. The van der Waals surface area contributed by atoms with Gasteiger partial charge in [0.1, 0.15) is 17.7 Å². The zero-order valence-corrected chi connectivity index (χ0v) is 12.9. The predicted molar refractivity (Wildman–Crippen MR) is 86.0 cm³/mol. The summed E-state index contributed by atoms with van der Waals surface area (Å²) in [5, 5.41) is 17.8. The molecule has 2 N–H and O–H groups in total. The maximum absolute atomic E-state index is 13.1. The molecule has 126 valence electrons. The van der Waals surface area contributed by atoms with E-state index in [9.17, 15) is 14.0 Å². The zero-order chi connectivity index (χ0) is 17.4. The molecule has 1 aliphatic heterocycles. The Labute approximate surface area is 141 Å². The second kappa shape index (κ2) is 5.93. The standard InChI is InChI=1S/C16H13FN6O2/c17-10-3-1-9(2-4-10)15-21-20-13-7-6-12(22-23(13)15)18-11-5-8-14(24)19-16(11)25/h1-4,6-7,11H,5,8H2,(H,18,22)(H,19,24,25). The van der Waals surface area contributed by atoms with Gasteiger partial charge in [0.2, 0.25) is 11.8 Å². The molecule has 0 radical (unpaired) electrons. The lowest BCUT2D eigenvalue weighted by Crippen LogP contribution is -2.47. The minimum absolute atomic E-state index is 0.274. The second-order valence-electron chi connectivity index (χ2n) is 5.67. The molecular formula is C16H13FN6O2. The normalized spacial score (nSPS) is 17.6. The third-order valence-corrected chi connectivity index (χ3v) is 3.93. The van der Waals surface area contributed by atoms with E-state index in [-0.39, 0.29) is 24.1 Å². The van der Waals surface area contributed by atoms with E-state index in [0.29, 0.717) is 29.3 Å². The molecule has 4 rings (SSSR count). The largest absolute Gasteiger partial charge is 0.357 e. The van der Waals surface area contributed by atoms with Crippen LogP contribution in [0.1, 0.15) is 12.8 Å². The van der Waals surface area contributed by atoms with Crippen molar-refractivity contribution in [1.29, 1.82) is 0 Å². The van der Waals surface area contributed by atoms with Gasteiger partial charge in [0.25, 0.3) is 0 Å². The van der Waals surface area contributed by atoms with Crippen molar-refractivity contribution >= 4 is 23.3 Å². The van der Waals surface area contributed by atoms with Gasteiger partial charge in [-0.2, -0.15) is 4.52 Å². The van der Waals surface area contributed by atoms with Gasteiger partial charge in [-0.05, 0) is 42.8 Å². The van der Waals surface area contributed by atoms with Crippen LogP contribution in [0, 0.1) is 5.82 Å². The lowest BCUT2D eigenvalue weighted by Gasteiger charge is -2.22. The Morgan fingerprint density at radius 2 is 1.92 bits per heavy atom. The van der Waals surface area contributed by atoms with Crippen LogP contribution in [-0.4, -0.2) is 37.7 Å². The molecule has 1 unspecified atom stereocenters. The van der Waals surface area contributed by atoms with Crippen LogP contribution in [0.5, 0.6) is 0 Å². The fourth-order valence-electron chi connectivity index (χ4n) is 2.65. The minimum Gasteiger partial charge on any atom is -0.357 e. The summed E-state index contributed by atoms with van der Waals surface area (Å²) < 4.78 is 14.6. The maximum atomic E-state index is 13.1. The monoisotopic (exact) mass is 340 g/mol. The number of nitrogens with zero attached hydrogens (tertiary/aromatic N) is 4. The molecule has 1 fully saturated rings. The Morgan fingerprint density at radius 1 is 1.12 bits per heavy atom. The van der Waals surface area contributed by atoms with Crippen molar-refractivity contribution in [1.82, 2.24) is 25.1 Å². The zero-order valence-electron chi connectivity index (χ0n) is 12.9. The van der Waals surface area contributed by atoms with Gasteiger partial charge in [0.05, 0.1) is 0 Å². The highest BCUT2D eigenvalue weighted by molar-refractivity contribution is 6.01. The number of aromatic nitrogens is 4. The van der Waals surface area contributed by atoms with E-state index in [0.717, 1.165) is 0 Å². The molecule has 2 amide bonds. The molecular weight excluding hydrogens is 327 g/mol. The first-order valence-electron chi connectivity index (χ1n) is 7.69. The molecule has 0 saturated carbocycles. The van der Waals surface area contributed by atoms with Crippen LogP contribution in [-0.2, 0) is 9.59 Å². The van der Waals surface area contributed by atoms with Crippen molar-refractivity contribution in [3.05, 3.63) is 42.2 Å². The molecule has 2 aromatic heterocycles. The number of anilines is 1. The number of hydrogen-bond donors (Lipinski definition) is 2. The van der Waals surface area contributed by atoms with Crippen molar-refractivity contribution in [3.63, 3.8) is 0 Å². The van der Waals surface area contributed by atoms with Gasteiger partial charge in [-0.25, -0.2) is 4.39 Å². The molecule has 1 aromatic carbocycles. The van der Waals surface area contributed by atoms with E-state index < -0.39 is 6.04 Å². The molecule has 0 spiro atoms. The van der Waals surface area contributed by atoms with Crippen LogP contribution in [0.25, 0.3) is 17.0 Å². The summed E-state index contributed by atoms with van der Waals surface area (Å²) in [6.07, 6.45) is 0.677. The number of carbonyl (C=O) groups is 2. The first-order chi connectivity index (χ1) is 12.1. The van der Waals surface area contributed by atoms with Crippen LogP contribution >= 0.6 is 0 Å². The molecule has 3 heterocycles. The fraction of sp³-hybridized carbons (Fsp3) is 0.188. The lowest BCUT2D eigenvalue weighted by atomic mass is 10.1. The number of piperidine rings is 1. The second-order valence-corrected chi connectivity index (χ2v) is 5.67. The highest BCUT2D eigenvalue weighted by atomic mass is 19.1. The number of halogens is 1. The smallest absolute Gasteiger partial charge is 0.249 e. The van der Waals surface area contributed by atoms with Crippen LogP contribution in [0.3, 0.4) is 0 Å². The predicted octanol–water partition coefficient (Wildman–Crippen LogP) is 1.15. The number of nitrogens with one attached hydrogen (secondary N) is 2. The van der Waals surface area contributed by atoms with Crippen LogP contribution in [0.4, 0.5) is 10.2 Å². The summed E-state index contributed by atoms with van der Waals surface area (Å²) in [5.74, 6) is -0.0812. The number of rotatable bonds is 3. The third kappa shape index (κ3) is 2.91. The Bertz CT molecular complexity index is 968. The van der Waals surface area contributed by atoms with Crippen molar-refractivity contribution in [2.24, 2.45) is 0 Å². The Balaban J connectivity index is 1.65. The SMILES string of the molecule is O=C1CCC(Nc2ccc3nnc(-c4ccc(F)cc4)n3n2)C(=O)N1. The summed E-state index contributed by atoms with van der Waals surface area (Å²) in [4.78, 5) is 23.1. The van der Waals surface area contributed by atoms with E-state index >= 15 is 0 Å². The Morgan fingerprint density at radius 3 is 2.68 bits per heavy atom. The first kappa shape index (κ1) is 15.2. The van der Waals surface area contributed by atoms with Gasteiger partial charge in [0, 0.05) is 12.0 Å². The lowest BCUT2D eigenvalue weighted by molar-refractivity contribution is -0.133. The van der Waals surface area contributed by atoms with Gasteiger partial charge in [-0.15, -0.1) is 15.3 Å². The highest BCUT2D eigenvalue weighted by Crippen LogP contribution is 2.19. The van der Waals surface area contributed by atoms with E-state index in [4.69, 9.17) is 0 Å². The summed E-state index contributed by atoms with van der Waals surface area (Å²) in [6.45, 7) is 0. The molecule has 1 aliphatic rings. The number of amides is 2. The van der Waals surface area contributed by atoms with Gasteiger partial charge in [-0.1, -0.05) is 0 Å². The number of fused-ring (bicyclic) bond motifs is 1. The summed E-state index contributed by atoms with van der Waals surface area (Å²) in [6, 6.07) is 8.71. The molecule has 1 saturated heterocycles. The molecule has 1 atom stereocenters. The van der Waals surface area contributed by atoms with Crippen molar-refractivity contribution in [3.8, 4) is 11.4 Å². The van der Waals surface area contributed by atoms with Gasteiger partial charge in [0.15, 0.2) is 11.5 Å². The first-order valence-corrected chi connectivity index (χ1v) is 7.69. The number of imide groups is 1.